The van der Waals surface area contributed by atoms with E-state index in [-0.39, 0.29) is 12.1 Å². The number of aryl methyl sites for hydroxylation is 1. The number of amides is 1. The van der Waals surface area contributed by atoms with Gasteiger partial charge in [0.25, 0.3) is 5.91 Å². The lowest BCUT2D eigenvalue weighted by Crippen LogP contribution is -2.23. The van der Waals surface area contributed by atoms with Crippen LogP contribution < -0.4 is 5.32 Å². The lowest BCUT2D eigenvalue weighted by Gasteiger charge is -2.09. The Bertz CT molecular complexity index is 934. The zero-order chi connectivity index (χ0) is 18.7. The Kier molecular flexibility index (Phi) is 4.75. The zero-order valence-electron chi connectivity index (χ0n) is 13.8. The Morgan fingerprint density at radius 3 is 2.65 bits per heavy atom. The van der Waals surface area contributed by atoms with Crippen LogP contribution in [0.1, 0.15) is 21.5 Å². The van der Waals surface area contributed by atoms with E-state index in [0.717, 1.165) is 28.8 Å². The maximum absolute atomic E-state index is 12.7. The molecule has 0 aliphatic carbocycles. The quantitative estimate of drug-likeness (QED) is 0.775. The van der Waals surface area contributed by atoms with Gasteiger partial charge in [-0.05, 0) is 29.8 Å². The van der Waals surface area contributed by atoms with E-state index in [1.165, 1.54) is 12.1 Å². The molecule has 1 amide bonds. The van der Waals surface area contributed by atoms with E-state index in [0.29, 0.717) is 0 Å². The van der Waals surface area contributed by atoms with Crippen molar-refractivity contribution < 1.29 is 18.0 Å². The Morgan fingerprint density at radius 2 is 1.96 bits per heavy atom. The van der Waals surface area contributed by atoms with Crippen LogP contribution in [0.15, 0.2) is 55.1 Å². The van der Waals surface area contributed by atoms with Crippen molar-refractivity contribution >= 4 is 5.91 Å². The molecule has 0 spiro atoms. The van der Waals surface area contributed by atoms with E-state index in [4.69, 9.17) is 0 Å². The molecule has 3 aromatic rings. The molecule has 0 saturated carbocycles. The van der Waals surface area contributed by atoms with Gasteiger partial charge in [-0.15, -0.1) is 0 Å². The minimum Gasteiger partial charge on any atom is -0.348 e. The monoisotopic (exact) mass is 360 g/mol. The van der Waals surface area contributed by atoms with E-state index in [1.807, 2.05) is 12.3 Å². The third-order valence-electron chi connectivity index (χ3n) is 3.74. The van der Waals surface area contributed by atoms with Gasteiger partial charge in [-0.3, -0.25) is 14.5 Å². The first-order valence-corrected chi connectivity index (χ1v) is 7.71. The maximum atomic E-state index is 12.7. The van der Waals surface area contributed by atoms with Gasteiger partial charge in [-0.25, -0.2) is 0 Å². The summed E-state index contributed by atoms with van der Waals surface area (Å²) in [5.74, 6) is -0.581. The first-order valence-electron chi connectivity index (χ1n) is 7.71. The molecule has 134 valence electrons. The van der Waals surface area contributed by atoms with Crippen LogP contribution in [0.25, 0.3) is 11.1 Å². The van der Waals surface area contributed by atoms with E-state index in [9.17, 15) is 18.0 Å². The number of nitrogens with one attached hydrogen (secondary N) is 1. The molecular weight excluding hydrogens is 345 g/mol. The molecule has 2 heterocycles. The molecule has 26 heavy (non-hydrogen) atoms. The van der Waals surface area contributed by atoms with Crippen LogP contribution in [0.2, 0.25) is 0 Å². The molecule has 0 aliphatic rings. The van der Waals surface area contributed by atoms with Gasteiger partial charge in [0.2, 0.25) is 0 Å². The van der Waals surface area contributed by atoms with Crippen molar-refractivity contribution in [3.63, 3.8) is 0 Å². The topological polar surface area (TPSA) is 59.8 Å². The number of hydrogen-bond acceptors (Lipinski definition) is 3. The standard InChI is InChI=1S/C18H15F3N4O/c1-25-11-15(10-24-25)14-5-12(7-22-9-14)8-23-17(26)13-3-2-4-16(6-13)18(19,20)21/h2-7,9-11H,8H2,1H3,(H,23,26). The fraction of sp³-hybridized carbons (Fsp3) is 0.167. The molecule has 0 bridgehead atoms. The Balaban J connectivity index is 1.70. The largest absolute Gasteiger partial charge is 0.416 e. The molecule has 8 heteroatoms. The van der Waals surface area contributed by atoms with Gasteiger partial charge < -0.3 is 5.32 Å². The number of aromatic nitrogens is 3. The third-order valence-corrected chi connectivity index (χ3v) is 3.74. The maximum Gasteiger partial charge on any atom is 0.416 e. The predicted octanol–water partition coefficient (Wildman–Crippen LogP) is 3.43. The summed E-state index contributed by atoms with van der Waals surface area (Å²) in [6.07, 6.45) is 2.31. The summed E-state index contributed by atoms with van der Waals surface area (Å²) in [6.45, 7) is 0.149. The van der Waals surface area contributed by atoms with Crippen molar-refractivity contribution in [2.75, 3.05) is 0 Å². The zero-order valence-corrected chi connectivity index (χ0v) is 13.8. The average molecular weight is 360 g/mol. The van der Waals surface area contributed by atoms with Crippen molar-refractivity contribution in [1.29, 1.82) is 0 Å². The van der Waals surface area contributed by atoms with Gasteiger partial charge in [0.1, 0.15) is 0 Å². The molecule has 1 N–H and O–H groups in total. The van der Waals surface area contributed by atoms with Crippen LogP contribution in [-0.4, -0.2) is 20.7 Å². The summed E-state index contributed by atoms with van der Waals surface area (Å²) in [4.78, 5) is 16.3. The van der Waals surface area contributed by atoms with Gasteiger partial charge in [0.15, 0.2) is 0 Å². The highest BCUT2D eigenvalue weighted by Crippen LogP contribution is 2.29. The number of hydrogen-bond donors (Lipinski definition) is 1. The van der Waals surface area contributed by atoms with Crippen LogP contribution in [-0.2, 0) is 19.8 Å². The molecule has 0 unspecified atom stereocenters. The second-order valence-corrected chi connectivity index (χ2v) is 5.75. The van der Waals surface area contributed by atoms with Gasteiger partial charge in [0, 0.05) is 48.9 Å². The van der Waals surface area contributed by atoms with Gasteiger partial charge in [-0.2, -0.15) is 18.3 Å². The molecular formula is C18H15F3N4O. The highest BCUT2D eigenvalue weighted by atomic mass is 19.4. The molecule has 2 aromatic heterocycles. The Labute approximate surface area is 147 Å². The number of pyridine rings is 1. The van der Waals surface area contributed by atoms with Crippen LogP contribution >= 0.6 is 0 Å². The lowest BCUT2D eigenvalue weighted by atomic mass is 10.1. The van der Waals surface area contributed by atoms with Crippen molar-refractivity contribution in [1.82, 2.24) is 20.1 Å². The molecule has 0 radical (unpaired) electrons. The molecule has 0 atom stereocenters. The Hall–Kier alpha value is -3.16. The molecule has 1 aromatic carbocycles. The Morgan fingerprint density at radius 1 is 1.15 bits per heavy atom. The lowest BCUT2D eigenvalue weighted by molar-refractivity contribution is -0.137. The van der Waals surface area contributed by atoms with Crippen LogP contribution in [0.3, 0.4) is 0 Å². The minimum atomic E-state index is -4.49. The van der Waals surface area contributed by atoms with Crippen molar-refractivity contribution in [2.45, 2.75) is 12.7 Å². The highest BCUT2D eigenvalue weighted by molar-refractivity contribution is 5.94. The van der Waals surface area contributed by atoms with Crippen molar-refractivity contribution in [3.05, 3.63) is 71.8 Å². The van der Waals surface area contributed by atoms with E-state index in [2.05, 4.69) is 15.4 Å². The fourth-order valence-corrected chi connectivity index (χ4v) is 2.43. The summed E-state index contributed by atoms with van der Waals surface area (Å²) in [5.41, 5.74) is 1.54. The van der Waals surface area contributed by atoms with E-state index < -0.39 is 17.6 Å². The van der Waals surface area contributed by atoms with Gasteiger partial charge >= 0.3 is 6.18 Å². The first-order chi connectivity index (χ1) is 12.3. The van der Waals surface area contributed by atoms with Crippen LogP contribution in [0.4, 0.5) is 13.2 Å². The fourth-order valence-electron chi connectivity index (χ4n) is 2.43. The van der Waals surface area contributed by atoms with E-state index >= 15 is 0 Å². The smallest absolute Gasteiger partial charge is 0.348 e. The summed E-state index contributed by atoms with van der Waals surface area (Å²) >= 11 is 0. The van der Waals surface area contributed by atoms with Crippen LogP contribution in [0.5, 0.6) is 0 Å². The predicted molar refractivity (Wildman–Crippen MR) is 89.1 cm³/mol. The number of carbonyl (C=O) groups excluding carboxylic acids is 1. The number of benzene rings is 1. The average Bonchev–Trinajstić information content (AvgIpc) is 3.06. The summed E-state index contributed by atoms with van der Waals surface area (Å²) in [5, 5.41) is 6.70. The summed E-state index contributed by atoms with van der Waals surface area (Å²) < 4.78 is 39.9. The van der Waals surface area contributed by atoms with Gasteiger partial charge in [-0.1, -0.05) is 6.07 Å². The third kappa shape index (κ3) is 4.08. The normalized spacial score (nSPS) is 11.4. The van der Waals surface area contributed by atoms with Gasteiger partial charge in [0.05, 0.1) is 11.8 Å². The van der Waals surface area contributed by atoms with Crippen molar-refractivity contribution in [3.8, 4) is 11.1 Å². The SMILES string of the molecule is Cn1cc(-c2cncc(CNC(=O)c3cccc(C(F)(F)F)c3)c2)cn1. The second kappa shape index (κ2) is 6.99. The second-order valence-electron chi connectivity index (χ2n) is 5.75. The van der Waals surface area contributed by atoms with Crippen molar-refractivity contribution in [2.24, 2.45) is 7.05 Å². The number of alkyl halides is 3. The number of rotatable bonds is 4. The first kappa shape index (κ1) is 17.7. The molecule has 0 aliphatic heterocycles. The summed E-state index contributed by atoms with van der Waals surface area (Å²) in [7, 11) is 1.80. The number of halogens is 3. The highest BCUT2D eigenvalue weighted by Gasteiger charge is 2.30. The summed E-state index contributed by atoms with van der Waals surface area (Å²) in [6, 6.07) is 6.16. The molecule has 5 nitrogen and oxygen atoms in total. The van der Waals surface area contributed by atoms with E-state index in [1.54, 1.807) is 30.3 Å². The molecule has 0 fully saturated rings. The molecule has 3 rings (SSSR count). The minimum absolute atomic E-state index is 0.0452. The molecule has 0 saturated heterocycles. The van der Waals surface area contributed by atoms with Crippen LogP contribution in [0, 0.1) is 0 Å². The number of nitrogens with zero attached hydrogens (tertiary/aromatic N) is 3. The number of carbonyl (C=O) groups is 1.